The Balaban J connectivity index is 1.64. The number of Topliss-reactive ketones (excluding diaryl/α,β-unsaturated/α-hetero) is 1. The van der Waals surface area contributed by atoms with Crippen LogP contribution in [0.1, 0.15) is 30.4 Å². The van der Waals surface area contributed by atoms with Gasteiger partial charge in [0.25, 0.3) is 0 Å². The number of fused-ring (bicyclic) bond motifs is 1. The Bertz CT molecular complexity index is 723. The van der Waals surface area contributed by atoms with E-state index in [1.165, 1.54) is 13.4 Å². The third-order valence-corrected chi connectivity index (χ3v) is 4.90. The zero-order chi connectivity index (χ0) is 18.7. The fourth-order valence-corrected chi connectivity index (χ4v) is 3.34. The first-order valence-electron chi connectivity index (χ1n) is 8.81. The molecule has 2 aliphatic rings. The normalized spacial score (nSPS) is 25.0. The zero-order valence-electron chi connectivity index (χ0n) is 15.3. The van der Waals surface area contributed by atoms with Gasteiger partial charge in [-0.15, -0.1) is 0 Å². The van der Waals surface area contributed by atoms with Crippen LogP contribution in [0, 0.1) is 19.8 Å². The standard InChI is InChI=1S/C20H24O6/c1-12-4-5-13(2)16(8-12)26-18-10-25-17-9-14(24-11-19(21)23-3)6-7-15(17)20(18)22/h4-5,8,10,14-15,17H,6-7,9,11H2,1-3H3. The molecule has 1 aliphatic heterocycles. The van der Waals surface area contributed by atoms with Gasteiger partial charge in [0.1, 0.15) is 24.7 Å². The Hall–Kier alpha value is -2.34. The van der Waals surface area contributed by atoms with Crippen LogP contribution < -0.4 is 4.74 Å². The highest BCUT2D eigenvalue weighted by atomic mass is 16.6. The molecule has 3 rings (SSSR count). The number of carbonyl (C=O) groups excluding carboxylic acids is 2. The van der Waals surface area contributed by atoms with Crippen LogP contribution in [0.5, 0.6) is 5.75 Å². The third kappa shape index (κ3) is 4.07. The van der Waals surface area contributed by atoms with Gasteiger partial charge in [0.15, 0.2) is 0 Å². The summed E-state index contributed by atoms with van der Waals surface area (Å²) in [4.78, 5) is 24.0. The number of hydrogen-bond acceptors (Lipinski definition) is 6. The summed E-state index contributed by atoms with van der Waals surface area (Å²) in [6, 6.07) is 5.88. The van der Waals surface area contributed by atoms with E-state index in [1.54, 1.807) is 0 Å². The molecule has 1 aliphatic carbocycles. The van der Waals surface area contributed by atoms with E-state index in [2.05, 4.69) is 4.74 Å². The molecule has 1 fully saturated rings. The summed E-state index contributed by atoms with van der Waals surface area (Å²) < 4.78 is 21.7. The van der Waals surface area contributed by atoms with Gasteiger partial charge < -0.3 is 18.9 Å². The monoisotopic (exact) mass is 360 g/mol. The lowest BCUT2D eigenvalue weighted by molar-refractivity contribution is -0.152. The van der Waals surface area contributed by atoms with E-state index in [0.717, 1.165) is 11.1 Å². The molecule has 0 saturated heterocycles. The molecule has 1 saturated carbocycles. The van der Waals surface area contributed by atoms with E-state index in [-0.39, 0.29) is 36.3 Å². The maximum atomic E-state index is 12.8. The SMILES string of the molecule is COC(=O)COC1CCC2C(=O)C(Oc3cc(C)ccc3C)=COC2C1. The van der Waals surface area contributed by atoms with Crippen LogP contribution in [0.25, 0.3) is 0 Å². The van der Waals surface area contributed by atoms with Gasteiger partial charge in [0.05, 0.1) is 19.1 Å². The lowest BCUT2D eigenvalue weighted by atomic mass is 9.80. The topological polar surface area (TPSA) is 71.1 Å². The van der Waals surface area contributed by atoms with Gasteiger partial charge in [-0.25, -0.2) is 4.79 Å². The fourth-order valence-electron chi connectivity index (χ4n) is 3.34. The molecule has 3 unspecified atom stereocenters. The van der Waals surface area contributed by atoms with Crippen LogP contribution in [-0.4, -0.2) is 37.7 Å². The average molecular weight is 360 g/mol. The van der Waals surface area contributed by atoms with Gasteiger partial charge in [0.2, 0.25) is 11.5 Å². The van der Waals surface area contributed by atoms with Crippen molar-refractivity contribution in [2.75, 3.05) is 13.7 Å². The molecule has 26 heavy (non-hydrogen) atoms. The first kappa shape index (κ1) is 18.5. The molecule has 1 heterocycles. The maximum Gasteiger partial charge on any atom is 0.331 e. The van der Waals surface area contributed by atoms with Gasteiger partial charge in [0, 0.05) is 6.42 Å². The van der Waals surface area contributed by atoms with E-state index < -0.39 is 5.97 Å². The van der Waals surface area contributed by atoms with E-state index in [0.29, 0.717) is 25.0 Å². The second kappa shape index (κ2) is 7.91. The molecule has 1 aromatic rings. The van der Waals surface area contributed by atoms with Gasteiger partial charge in [-0.05, 0) is 43.9 Å². The number of hydrogen-bond donors (Lipinski definition) is 0. The molecular formula is C20H24O6. The molecule has 0 amide bonds. The number of ketones is 1. The first-order chi connectivity index (χ1) is 12.5. The highest BCUT2D eigenvalue weighted by Gasteiger charge is 2.41. The smallest absolute Gasteiger partial charge is 0.331 e. The molecule has 0 spiro atoms. The Morgan fingerprint density at radius 3 is 2.85 bits per heavy atom. The molecule has 6 heteroatoms. The minimum Gasteiger partial charge on any atom is -0.493 e. The first-order valence-corrected chi connectivity index (χ1v) is 8.81. The summed E-state index contributed by atoms with van der Waals surface area (Å²) in [6.45, 7) is 3.84. The van der Waals surface area contributed by atoms with Gasteiger partial charge in [-0.2, -0.15) is 0 Å². The van der Waals surface area contributed by atoms with Crippen molar-refractivity contribution in [3.05, 3.63) is 41.3 Å². The minimum atomic E-state index is -0.406. The minimum absolute atomic E-state index is 0.0337. The molecule has 0 bridgehead atoms. The lowest BCUT2D eigenvalue weighted by Crippen LogP contribution is -2.42. The fraction of sp³-hybridized carbons (Fsp3) is 0.500. The Kier molecular flexibility index (Phi) is 5.61. The van der Waals surface area contributed by atoms with Crippen molar-refractivity contribution in [3.8, 4) is 5.75 Å². The van der Waals surface area contributed by atoms with Crippen molar-refractivity contribution < 1.29 is 28.5 Å². The highest BCUT2D eigenvalue weighted by Crippen LogP contribution is 2.35. The summed E-state index contributed by atoms with van der Waals surface area (Å²) in [5.41, 5.74) is 2.03. The number of methoxy groups -OCH3 is 1. The highest BCUT2D eigenvalue weighted by molar-refractivity contribution is 5.96. The van der Waals surface area contributed by atoms with E-state index in [1.807, 2.05) is 32.0 Å². The number of allylic oxidation sites excluding steroid dienone is 1. The molecule has 1 aromatic carbocycles. The van der Waals surface area contributed by atoms with Crippen molar-refractivity contribution in [1.82, 2.24) is 0 Å². The number of carbonyl (C=O) groups is 2. The second-order valence-electron chi connectivity index (χ2n) is 6.82. The number of esters is 1. The van der Waals surface area contributed by atoms with Gasteiger partial charge in [-0.1, -0.05) is 12.1 Å². The summed E-state index contributed by atoms with van der Waals surface area (Å²) in [6.07, 6.45) is 2.96. The van der Waals surface area contributed by atoms with Crippen LogP contribution in [0.15, 0.2) is 30.2 Å². The van der Waals surface area contributed by atoms with Crippen LogP contribution in [0.3, 0.4) is 0 Å². The number of rotatable bonds is 5. The van der Waals surface area contributed by atoms with Crippen LogP contribution >= 0.6 is 0 Å². The predicted octanol–water partition coefficient (Wildman–Crippen LogP) is 2.85. The quantitative estimate of drug-likeness (QED) is 0.752. The van der Waals surface area contributed by atoms with Crippen LogP contribution in [0.2, 0.25) is 0 Å². The zero-order valence-corrected chi connectivity index (χ0v) is 15.3. The molecule has 0 N–H and O–H groups in total. The molecule has 0 aromatic heterocycles. The van der Waals surface area contributed by atoms with Crippen LogP contribution in [-0.2, 0) is 23.8 Å². The maximum absolute atomic E-state index is 12.8. The van der Waals surface area contributed by atoms with E-state index >= 15 is 0 Å². The summed E-state index contributed by atoms with van der Waals surface area (Å²) in [5.74, 6) is 0.235. The third-order valence-electron chi connectivity index (χ3n) is 4.90. The van der Waals surface area contributed by atoms with E-state index in [4.69, 9.17) is 14.2 Å². The largest absolute Gasteiger partial charge is 0.493 e. The summed E-state index contributed by atoms with van der Waals surface area (Å²) in [7, 11) is 1.33. The summed E-state index contributed by atoms with van der Waals surface area (Å²) >= 11 is 0. The Morgan fingerprint density at radius 2 is 2.08 bits per heavy atom. The average Bonchev–Trinajstić information content (AvgIpc) is 2.64. The molecule has 6 nitrogen and oxygen atoms in total. The summed E-state index contributed by atoms with van der Waals surface area (Å²) in [5, 5.41) is 0. The Morgan fingerprint density at radius 1 is 1.27 bits per heavy atom. The van der Waals surface area contributed by atoms with Crippen molar-refractivity contribution in [2.24, 2.45) is 5.92 Å². The lowest BCUT2D eigenvalue weighted by Gasteiger charge is -2.37. The number of benzene rings is 1. The van der Waals surface area contributed by atoms with Gasteiger partial charge >= 0.3 is 5.97 Å². The van der Waals surface area contributed by atoms with Crippen molar-refractivity contribution in [1.29, 1.82) is 0 Å². The van der Waals surface area contributed by atoms with Crippen molar-refractivity contribution in [3.63, 3.8) is 0 Å². The van der Waals surface area contributed by atoms with Crippen molar-refractivity contribution >= 4 is 11.8 Å². The van der Waals surface area contributed by atoms with E-state index in [9.17, 15) is 9.59 Å². The van der Waals surface area contributed by atoms with Gasteiger partial charge in [-0.3, -0.25) is 4.79 Å². The second-order valence-corrected chi connectivity index (χ2v) is 6.82. The predicted molar refractivity (Wildman–Crippen MR) is 93.6 cm³/mol. The van der Waals surface area contributed by atoms with Crippen LogP contribution in [0.4, 0.5) is 0 Å². The Labute approximate surface area is 153 Å². The van der Waals surface area contributed by atoms with Crippen molar-refractivity contribution in [2.45, 2.75) is 45.3 Å². The number of ether oxygens (including phenoxy) is 4. The number of aryl methyl sites for hydroxylation is 2. The molecular weight excluding hydrogens is 336 g/mol. The molecule has 0 radical (unpaired) electrons. The molecule has 140 valence electrons. The molecule has 3 atom stereocenters.